The molecule has 1 aliphatic carbocycles. The van der Waals surface area contributed by atoms with E-state index in [1.807, 2.05) is 27.0 Å². The molecule has 4 rings (SSSR count). The first-order valence-corrected chi connectivity index (χ1v) is 10.2. The molecule has 1 aliphatic rings. The maximum absolute atomic E-state index is 12.2. The Morgan fingerprint density at radius 2 is 1.87 bits per heavy atom. The summed E-state index contributed by atoms with van der Waals surface area (Å²) in [6.07, 6.45) is 8.19. The summed E-state index contributed by atoms with van der Waals surface area (Å²) in [5.74, 6) is 0.368. The maximum Gasteiger partial charge on any atom is 0.349 e. The molecule has 0 radical (unpaired) electrons. The fourth-order valence-corrected chi connectivity index (χ4v) is 3.38. The number of hydrogen-bond acceptors (Lipinski definition) is 5. The van der Waals surface area contributed by atoms with Crippen LogP contribution in [-0.2, 0) is 0 Å². The third kappa shape index (κ3) is 5.85. The van der Waals surface area contributed by atoms with Crippen molar-refractivity contribution in [1.29, 1.82) is 0 Å². The molecule has 8 heteroatoms. The Kier molecular flexibility index (Phi) is 8.46. The zero-order chi connectivity index (χ0) is 22.1. The molecule has 0 amide bonds. The summed E-state index contributed by atoms with van der Waals surface area (Å²) in [6.45, 7) is 8.17. The van der Waals surface area contributed by atoms with Crippen LogP contribution < -0.4 is 5.69 Å². The normalized spacial score (nSPS) is 17.3. The van der Waals surface area contributed by atoms with Gasteiger partial charge >= 0.3 is 11.7 Å². The van der Waals surface area contributed by atoms with E-state index >= 15 is 0 Å². The number of carbonyl (C=O) groups is 1. The molecule has 1 saturated carbocycles. The van der Waals surface area contributed by atoms with Gasteiger partial charge in [-0.25, -0.2) is 19.3 Å². The molecule has 3 aromatic rings. The number of hydrogen-bond donors (Lipinski definition) is 1. The number of benzene rings is 1. The minimum Gasteiger partial charge on any atom is -0.478 e. The number of carboxylic acid groups (broad SMARTS) is 1. The topological polar surface area (TPSA) is 103 Å². The van der Waals surface area contributed by atoms with Gasteiger partial charge in [-0.05, 0) is 44.2 Å². The van der Waals surface area contributed by atoms with Crippen molar-refractivity contribution in [3.8, 4) is 5.82 Å². The van der Waals surface area contributed by atoms with Crippen molar-refractivity contribution in [3.05, 3.63) is 70.8 Å². The van der Waals surface area contributed by atoms with Crippen LogP contribution in [0.15, 0.2) is 54.0 Å². The van der Waals surface area contributed by atoms with E-state index < -0.39 is 5.97 Å². The van der Waals surface area contributed by atoms with Gasteiger partial charge in [-0.2, -0.15) is 10.1 Å². The van der Waals surface area contributed by atoms with Crippen molar-refractivity contribution >= 4 is 5.97 Å². The summed E-state index contributed by atoms with van der Waals surface area (Å²) in [4.78, 5) is 30.4. The Balaban J connectivity index is 0.000000245. The monoisotopic (exact) mass is 411 g/mol. The third-order valence-corrected chi connectivity index (χ3v) is 4.82. The molecule has 2 atom stereocenters. The van der Waals surface area contributed by atoms with Gasteiger partial charge < -0.3 is 5.11 Å². The van der Waals surface area contributed by atoms with Crippen LogP contribution in [0.4, 0.5) is 0 Å². The van der Waals surface area contributed by atoms with Crippen LogP contribution in [0.25, 0.3) is 5.82 Å². The quantitative estimate of drug-likeness (QED) is 0.701. The minimum atomic E-state index is -0.879. The average Bonchev–Trinajstić information content (AvgIpc) is 3.44. The van der Waals surface area contributed by atoms with Crippen LogP contribution in [0.2, 0.25) is 0 Å². The number of aromatic carboxylic acids is 1. The standard InChI is InChI=1S/C13H17N5O.C7H6O2.C2H6/c1-9-3-4-11(5-9)17-6-10(2)12(16-13(17)19)18-8-14-7-15-18;8-7(9)6-4-2-1-3-5-6;1-2/h6-9,11H,3-5H2,1-2H3;1-5H,(H,8,9);1-2H3/t9-,11+;;/m1../s1. The number of rotatable bonds is 3. The number of aromatic nitrogens is 5. The number of nitrogens with zero attached hydrogens (tertiary/aromatic N) is 5. The molecule has 160 valence electrons. The Morgan fingerprint density at radius 3 is 2.37 bits per heavy atom. The van der Waals surface area contributed by atoms with E-state index in [0.29, 0.717) is 23.3 Å². The summed E-state index contributed by atoms with van der Waals surface area (Å²) in [7, 11) is 0. The van der Waals surface area contributed by atoms with Gasteiger partial charge in [0.25, 0.3) is 0 Å². The first-order chi connectivity index (χ1) is 14.5. The second-order valence-electron chi connectivity index (χ2n) is 7.02. The Hall–Kier alpha value is -3.29. The van der Waals surface area contributed by atoms with Crippen LogP contribution >= 0.6 is 0 Å². The number of aryl methyl sites for hydroxylation is 1. The van der Waals surface area contributed by atoms with Crippen LogP contribution in [-0.4, -0.2) is 35.4 Å². The molecule has 1 aromatic carbocycles. The highest BCUT2D eigenvalue weighted by Gasteiger charge is 2.24. The molecular weight excluding hydrogens is 382 g/mol. The predicted molar refractivity (Wildman–Crippen MR) is 115 cm³/mol. The average molecular weight is 412 g/mol. The van der Waals surface area contributed by atoms with Crippen molar-refractivity contribution in [2.45, 2.75) is 53.0 Å². The molecule has 1 fully saturated rings. The molecule has 8 nitrogen and oxygen atoms in total. The summed E-state index contributed by atoms with van der Waals surface area (Å²) < 4.78 is 3.30. The summed E-state index contributed by atoms with van der Waals surface area (Å²) in [5.41, 5.74) is 1.07. The second kappa shape index (κ2) is 11.0. The van der Waals surface area contributed by atoms with Crippen molar-refractivity contribution < 1.29 is 9.90 Å². The Morgan fingerprint density at radius 1 is 1.17 bits per heavy atom. The first-order valence-electron chi connectivity index (χ1n) is 10.2. The number of carboxylic acids is 1. The van der Waals surface area contributed by atoms with Gasteiger partial charge in [0.2, 0.25) is 0 Å². The molecule has 0 unspecified atom stereocenters. The lowest BCUT2D eigenvalue weighted by Crippen LogP contribution is -2.28. The Labute approximate surface area is 176 Å². The fourth-order valence-electron chi connectivity index (χ4n) is 3.38. The molecular formula is C22H29N5O3. The molecule has 0 aliphatic heterocycles. The fraction of sp³-hybridized carbons (Fsp3) is 0.409. The predicted octanol–water partition coefficient (Wildman–Crippen LogP) is 3.90. The van der Waals surface area contributed by atoms with E-state index in [1.54, 1.807) is 41.2 Å². The smallest absolute Gasteiger partial charge is 0.349 e. The summed E-state index contributed by atoms with van der Waals surface area (Å²) >= 11 is 0. The molecule has 2 heterocycles. The lowest BCUT2D eigenvalue weighted by molar-refractivity contribution is 0.0697. The molecule has 0 spiro atoms. The van der Waals surface area contributed by atoms with E-state index in [4.69, 9.17) is 5.11 Å². The van der Waals surface area contributed by atoms with Crippen LogP contribution in [0.5, 0.6) is 0 Å². The zero-order valence-electron chi connectivity index (χ0n) is 17.9. The maximum atomic E-state index is 12.2. The van der Waals surface area contributed by atoms with Crippen LogP contribution in [0, 0.1) is 12.8 Å². The molecule has 0 bridgehead atoms. The molecule has 1 N–H and O–H groups in total. The van der Waals surface area contributed by atoms with E-state index in [-0.39, 0.29) is 5.69 Å². The minimum absolute atomic E-state index is 0.199. The van der Waals surface area contributed by atoms with E-state index in [0.717, 1.165) is 18.4 Å². The lowest BCUT2D eigenvalue weighted by atomic mass is 10.1. The molecule has 0 saturated heterocycles. The van der Waals surface area contributed by atoms with Gasteiger partial charge in [-0.1, -0.05) is 39.0 Å². The van der Waals surface area contributed by atoms with Crippen molar-refractivity contribution in [2.75, 3.05) is 0 Å². The highest BCUT2D eigenvalue weighted by Crippen LogP contribution is 2.33. The van der Waals surface area contributed by atoms with Gasteiger partial charge in [-0.15, -0.1) is 0 Å². The highest BCUT2D eigenvalue weighted by molar-refractivity contribution is 5.87. The van der Waals surface area contributed by atoms with Gasteiger partial charge in [0.1, 0.15) is 12.7 Å². The van der Waals surface area contributed by atoms with Crippen molar-refractivity contribution in [3.63, 3.8) is 0 Å². The van der Waals surface area contributed by atoms with E-state index in [2.05, 4.69) is 22.0 Å². The van der Waals surface area contributed by atoms with Crippen molar-refractivity contribution in [2.24, 2.45) is 5.92 Å². The van der Waals surface area contributed by atoms with E-state index in [9.17, 15) is 9.59 Å². The van der Waals surface area contributed by atoms with Gasteiger partial charge in [0.15, 0.2) is 5.82 Å². The zero-order valence-corrected chi connectivity index (χ0v) is 17.9. The Bertz CT molecular complexity index is 984. The van der Waals surface area contributed by atoms with Crippen LogP contribution in [0.3, 0.4) is 0 Å². The first kappa shape index (κ1) is 23.0. The SMILES string of the molecule is CC.Cc1cn([C@H]2CC[C@@H](C)C2)c(=O)nc1-n1cncn1.O=C(O)c1ccccc1. The van der Waals surface area contributed by atoms with E-state index in [1.165, 1.54) is 17.4 Å². The summed E-state index contributed by atoms with van der Waals surface area (Å²) in [5, 5.41) is 12.4. The second-order valence-corrected chi connectivity index (χ2v) is 7.02. The lowest BCUT2D eigenvalue weighted by Gasteiger charge is -2.15. The third-order valence-electron chi connectivity index (χ3n) is 4.82. The molecule has 30 heavy (non-hydrogen) atoms. The van der Waals surface area contributed by atoms with Gasteiger partial charge in [0, 0.05) is 17.8 Å². The van der Waals surface area contributed by atoms with Crippen molar-refractivity contribution in [1.82, 2.24) is 24.3 Å². The highest BCUT2D eigenvalue weighted by atomic mass is 16.4. The van der Waals surface area contributed by atoms with Crippen LogP contribution in [0.1, 0.15) is 62.0 Å². The van der Waals surface area contributed by atoms with Gasteiger partial charge in [-0.3, -0.25) is 4.57 Å². The van der Waals surface area contributed by atoms with Gasteiger partial charge in [0.05, 0.1) is 5.56 Å². The molecule has 2 aromatic heterocycles. The summed E-state index contributed by atoms with van der Waals surface area (Å²) in [6, 6.07) is 8.59. The largest absolute Gasteiger partial charge is 0.478 e.